The van der Waals surface area contributed by atoms with Crippen molar-refractivity contribution in [2.24, 2.45) is 5.92 Å². The van der Waals surface area contributed by atoms with Crippen LogP contribution in [0.2, 0.25) is 0 Å². The molecule has 0 aromatic rings. The third-order valence-electron chi connectivity index (χ3n) is 3.14. The van der Waals surface area contributed by atoms with E-state index in [1.54, 1.807) is 0 Å². The minimum absolute atomic E-state index is 0.284. The van der Waals surface area contributed by atoms with E-state index in [9.17, 15) is 4.79 Å². The molecule has 2 aliphatic rings. The Morgan fingerprint density at radius 1 is 1.43 bits per heavy atom. The first-order valence-electron chi connectivity index (χ1n) is 5.58. The Bertz CT molecular complexity index is 197. The van der Waals surface area contributed by atoms with Gasteiger partial charge in [-0.2, -0.15) is 0 Å². The molecule has 1 heterocycles. The van der Waals surface area contributed by atoms with Crippen LogP contribution < -0.4 is 0 Å². The zero-order valence-electron chi connectivity index (χ0n) is 8.54. The third-order valence-corrected chi connectivity index (χ3v) is 3.14. The van der Waals surface area contributed by atoms with Crippen molar-refractivity contribution >= 4 is 5.78 Å². The van der Waals surface area contributed by atoms with Crippen LogP contribution >= 0.6 is 0 Å². The zero-order chi connectivity index (χ0) is 9.80. The molecule has 2 atom stereocenters. The molecule has 3 nitrogen and oxygen atoms in total. The number of Topliss-reactive ketones (excluding diaryl/α,β-unsaturated/α-hetero) is 1. The molecule has 0 bridgehead atoms. The Hall–Kier alpha value is -0.410. The number of carbonyl (C=O) groups is 1. The molecule has 3 heteroatoms. The lowest BCUT2D eigenvalue weighted by Gasteiger charge is -2.11. The van der Waals surface area contributed by atoms with E-state index < -0.39 is 0 Å². The normalized spacial score (nSPS) is 32.7. The first-order valence-corrected chi connectivity index (χ1v) is 5.58. The lowest BCUT2D eigenvalue weighted by molar-refractivity contribution is -0.121. The smallest absolute Gasteiger partial charge is 0.136 e. The molecule has 1 saturated carbocycles. The maximum Gasteiger partial charge on any atom is 0.136 e. The van der Waals surface area contributed by atoms with Crippen molar-refractivity contribution in [3.63, 3.8) is 0 Å². The van der Waals surface area contributed by atoms with Gasteiger partial charge in [0.2, 0.25) is 0 Å². The van der Waals surface area contributed by atoms with Gasteiger partial charge in [-0.15, -0.1) is 0 Å². The van der Waals surface area contributed by atoms with E-state index in [4.69, 9.17) is 9.47 Å². The minimum Gasteiger partial charge on any atom is -0.379 e. The summed E-state index contributed by atoms with van der Waals surface area (Å²) in [5, 5.41) is 0. The largest absolute Gasteiger partial charge is 0.379 e. The van der Waals surface area contributed by atoms with Gasteiger partial charge in [-0.1, -0.05) is 0 Å². The van der Waals surface area contributed by atoms with Crippen molar-refractivity contribution < 1.29 is 14.3 Å². The molecule has 2 fully saturated rings. The molecule has 0 spiro atoms. The van der Waals surface area contributed by atoms with Gasteiger partial charge in [0, 0.05) is 25.6 Å². The van der Waals surface area contributed by atoms with E-state index in [-0.39, 0.29) is 12.0 Å². The van der Waals surface area contributed by atoms with Crippen molar-refractivity contribution in [1.82, 2.24) is 0 Å². The van der Waals surface area contributed by atoms with Gasteiger partial charge in [0.05, 0.1) is 12.7 Å². The summed E-state index contributed by atoms with van der Waals surface area (Å²) in [6.07, 6.45) is 5.15. The van der Waals surface area contributed by atoms with Gasteiger partial charge in [-0.3, -0.25) is 4.79 Å². The quantitative estimate of drug-likeness (QED) is 0.687. The fourth-order valence-electron chi connectivity index (χ4n) is 2.21. The molecule has 1 saturated heterocycles. The Labute approximate surface area is 84.8 Å². The van der Waals surface area contributed by atoms with Crippen LogP contribution in [0.3, 0.4) is 0 Å². The lowest BCUT2D eigenvalue weighted by atomic mass is 10.0. The second-order valence-corrected chi connectivity index (χ2v) is 4.20. The van der Waals surface area contributed by atoms with Crippen LogP contribution in [0, 0.1) is 5.92 Å². The summed E-state index contributed by atoms with van der Waals surface area (Å²) in [6.45, 7) is 2.29. The average molecular weight is 198 g/mol. The first kappa shape index (κ1) is 10.1. The predicted octanol–water partition coefficient (Wildman–Crippen LogP) is 1.55. The maximum absolute atomic E-state index is 11.3. The van der Waals surface area contributed by atoms with Crippen LogP contribution in [-0.2, 0) is 14.3 Å². The van der Waals surface area contributed by atoms with E-state index in [2.05, 4.69) is 0 Å². The highest BCUT2D eigenvalue weighted by Crippen LogP contribution is 2.24. The summed E-state index contributed by atoms with van der Waals surface area (Å²) in [5.41, 5.74) is 0. The zero-order valence-corrected chi connectivity index (χ0v) is 8.54. The van der Waals surface area contributed by atoms with Crippen LogP contribution in [0.25, 0.3) is 0 Å². The van der Waals surface area contributed by atoms with E-state index in [0.717, 1.165) is 51.9 Å². The highest BCUT2D eigenvalue weighted by atomic mass is 16.5. The van der Waals surface area contributed by atoms with Gasteiger partial charge in [-0.05, 0) is 25.7 Å². The van der Waals surface area contributed by atoms with Crippen LogP contribution in [0.5, 0.6) is 0 Å². The summed E-state index contributed by atoms with van der Waals surface area (Å²) in [6, 6.07) is 0. The van der Waals surface area contributed by atoms with Crippen LogP contribution in [0.4, 0.5) is 0 Å². The molecule has 0 radical (unpaired) electrons. The summed E-state index contributed by atoms with van der Waals surface area (Å²) in [4.78, 5) is 11.3. The number of ketones is 1. The summed E-state index contributed by atoms with van der Waals surface area (Å²) in [7, 11) is 0. The molecule has 1 aliphatic carbocycles. The SMILES string of the molecule is O=C1CCCC1CCOC1CCOC1. The highest BCUT2D eigenvalue weighted by molar-refractivity contribution is 5.82. The van der Waals surface area contributed by atoms with E-state index in [0.29, 0.717) is 5.78 Å². The van der Waals surface area contributed by atoms with Crippen LogP contribution in [0.1, 0.15) is 32.1 Å². The Morgan fingerprint density at radius 2 is 2.36 bits per heavy atom. The van der Waals surface area contributed by atoms with Gasteiger partial charge in [0.15, 0.2) is 0 Å². The lowest BCUT2D eigenvalue weighted by Crippen LogP contribution is -2.16. The predicted molar refractivity (Wildman–Crippen MR) is 52.1 cm³/mol. The van der Waals surface area contributed by atoms with Gasteiger partial charge in [0.25, 0.3) is 0 Å². The summed E-state index contributed by atoms with van der Waals surface area (Å²) in [5.74, 6) is 0.730. The molecule has 0 aromatic carbocycles. The first-order chi connectivity index (χ1) is 6.86. The molecule has 2 rings (SSSR count). The molecule has 80 valence electrons. The molecular formula is C11H18O3. The van der Waals surface area contributed by atoms with Crippen molar-refractivity contribution in [3.05, 3.63) is 0 Å². The topological polar surface area (TPSA) is 35.5 Å². The van der Waals surface area contributed by atoms with Crippen molar-refractivity contribution in [3.8, 4) is 0 Å². The molecule has 14 heavy (non-hydrogen) atoms. The highest BCUT2D eigenvalue weighted by Gasteiger charge is 2.24. The fourth-order valence-corrected chi connectivity index (χ4v) is 2.21. The fraction of sp³-hybridized carbons (Fsp3) is 0.909. The molecule has 2 unspecified atom stereocenters. The van der Waals surface area contributed by atoms with E-state index in [1.807, 2.05) is 0 Å². The number of ether oxygens (including phenoxy) is 2. The van der Waals surface area contributed by atoms with Gasteiger partial charge >= 0.3 is 0 Å². The summed E-state index contributed by atoms with van der Waals surface area (Å²) < 4.78 is 10.8. The van der Waals surface area contributed by atoms with E-state index >= 15 is 0 Å². The Balaban J connectivity index is 1.60. The van der Waals surface area contributed by atoms with Gasteiger partial charge in [0.1, 0.15) is 5.78 Å². The monoisotopic (exact) mass is 198 g/mol. The number of carbonyl (C=O) groups excluding carboxylic acids is 1. The molecule has 0 amide bonds. The number of rotatable bonds is 4. The van der Waals surface area contributed by atoms with Crippen molar-refractivity contribution in [2.75, 3.05) is 19.8 Å². The third kappa shape index (κ3) is 2.55. The number of hydrogen-bond acceptors (Lipinski definition) is 3. The molecule has 0 N–H and O–H groups in total. The average Bonchev–Trinajstić information content (AvgIpc) is 2.78. The molecular weight excluding hydrogens is 180 g/mol. The van der Waals surface area contributed by atoms with E-state index in [1.165, 1.54) is 0 Å². The minimum atomic E-state index is 0.284. The summed E-state index contributed by atoms with van der Waals surface area (Å²) >= 11 is 0. The maximum atomic E-state index is 11.3. The molecule has 0 aromatic heterocycles. The number of hydrogen-bond donors (Lipinski definition) is 0. The second kappa shape index (κ2) is 4.89. The Morgan fingerprint density at radius 3 is 3.00 bits per heavy atom. The van der Waals surface area contributed by atoms with Crippen molar-refractivity contribution in [1.29, 1.82) is 0 Å². The Kier molecular flexibility index (Phi) is 3.54. The van der Waals surface area contributed by atoms with Crippen LogP contribution in [-0.4, -0.2) is 31.7 Å². The van der Waals surface area contributed by atoms with Crippen molar-refractivity contribution in [2.45, 2.75) is 38.2 Å². The van der Waals surface area contributed by atoms with Gasteiger partial charge in [-0.25, -0.2) is 0 Å². The second-order valence-electron chi connectivity index (χ2n) is 4.20. The van der Waals surface area contributed by atoms with Gasteiger partial charge < -0.3 is 9.47 Å². The standard InChI is InChI=1S/C11H18O3/c12-11-3-1-2-9(11)4-7-14-10-5-6-13-8-10/h9-10H,1-8H2. The molecule has 1 aliphatic heterocycles. The van der Waals surface area contributed by atoms with Crippen LogP contribution in [0.15, 0.2) is 0 Å².